The van der Waals surface area contributed by atoms with Gasteiger partial charge < -0.3 is 14.9 Å². The van der Waals surface area contributed by atoms with Crippen LogP contribution in [0.25, 0.3) is 0 Å². The van der Waals surface area contributed by atoms with Gasteiger partial charge in [0.15, 0.2) is 0 Å². The Morgan fingerprint density at radius 2 is 2.00 bits per heavy atom. The first-order valence-electron chi connectivity index (χ1n) is 4.90. The lowest BCUT2D eigenvalue weighted by molar-refractivity contribution is -0.139. The second-order valence-electron chi connectivity index (χ2n) is 3.55. The molecule has 0 amide bonds. The number of aliphatic hydroxyl groups is 1. The summed E-state index contributed by atoms with van der Waals surface area (Å²) in [7, 11) is -3.71. The van der Waals surface area contributed by atoms with Crippen LogP contribution < -0.4 is 4.72 Å². The average Bonchev–Trinajstić information content (AvgIpc) is 2.27. The maximum Gasteiger partial charge on any atom is 0.324 e. The summed E-state index contributed by atoms with van der Waals surface area (Å²) in [6.07, 6.45) is 0.681. The largest absolute Gasteiger partial charge is 0.480 e. The molecule has 0 aromatic carbocycles. The van der Waals surface area contributed by atoms with E-state index in [1.165, 1.54) is 0 Å². The van der Waals surface area contributed by atoms with Gasteiger partial charge in [0.25, 0.3) is 0 Å². The SMILES string of the molecule is O=C(O)[C@@H](CO)NS(=O)(=O)C1CCOCC1. The lowest BCUT2D eigenvalue weighted by atomic mass is 10.2. The lowest BCUT2D eigenvalue weighted by Crippen LogP contribution is -2.48. The highest BCUT2D eigenvalue weighted by atomic mass is 32.2. The number of ether oxygens (including phenoxy) is 1. The number of aliphatic carboxylic acids is 1. The van der Waals surface area contributed by atoms with Gasteiger partial charge in [-0.3, -0.25) is 4.79 Å². The minimum absolute atomic E-state index is 0.340. The molecule has 1 fully saturated rings. The van der Waals surface area contributed by atoms with E-state index < -0.39 is 33.9 Å². The Hall–Kier alpha value is -0.700. The highest BCUT2D eigenvalue weighted by Crippen LogP contribution is 2.15. The average molecular weight is 253 g/mol. The maximum absolute atomic E-state index is 11.7. The van der Waals surface area contributed by atoms with Crippen molar-refractivity contribution in [3.05, 3.63) is 0 Å². The first kappa shape index (κ1) is 13.4. The zero-order valence-corrected chi connectivity index (χ0v) is 9.44. The molecule has 0 aliphatic carbocycles. The van der Waals surface area contributed by atoms with Crippen LogP contribution in [-0.4, -0.2) is 55.7 Å². The van der Waals surface area contributed by atoms with Gasteiger partial charge in [-0.05, 0) is 12.8 Å². The molecular formula is C8H15NO6S. The van der Waals surface area contributed by atoms with Crippen LogP contribution in [0.1, 0.15) is 12.8 Å². The predicted molar refractivity (Wildman–Crippen MR) is 54.4 cm³/mol. The first-order chi connectivity index (χ1) is 7.47. The van der Waals surface area contributed by atoms with Crippen molar-refractivity contribution in [2.24, 2.45) is 0 Å². The van der Waals surface area contributed by atoms with E-state index in [2.05, 4.69) is 0 Å². The van der Waals surface area contributed by atoms with Crippen molar-refractivity contribution in [1.29, 1.82) is 0 Å². The van der Waals surface area contributed by atoms with Crippen molar-refractivity contribution in [1.82, 2.24) is 4.72 Å². The normalized spacial score (nSPS) is 20.6. The molecule has 1 rings (SSSR count). The van der Waals surface area contributed by atoms with Crippen LogP contribution in [0.5, 0.6) is 0 Å². The highest BCUT2D eigenvalue weighted by Gasteiger charge is 2.31. The molecule has 7 nitrogen and oxygen atoms in total. The molecule has 1 aliphatic rings. The van der Waals surface area contributed by atoms with Crippen molar-refractivity contribution in [3.8, 4) is 0 Å². The predicted octanol–water partition coefficient (Wildman–Crippen LogP) is -1.47. The van der Waals surface area contributed by atoms with Gasteiger partial charge in [-0.2, -0.15) is 4.72 Å². The molecule has 0 bridgehead atoms. The summed E-state index contributed by atoms with van der Waals surface area (Å²) in [6, 6.07) is -1.48. The van der Waals surface area contributed by atoms with Crippen molar-refractivity contribution in [2.45, 2.75) is 24.1 Å². The van der Waals surface area contributed by atoms with Crippen LogP contribution in [0, 0.1) is 0 Å². The van der Waals surface area contributed by atoms with E-state index in [-0.39, 0.29) is 0 Å². The monoisotopic (exact) mass is 253 g/mol. The van der Waals surface area contributed by atoms with Crippen LogP contribution >= 0.6 is 0 Å². The molecule has 94 valence electrons. The minimum atomic E-state index is -3.71. The number of nitrogens with one attached hydrogen (secondary N) is 1. The smallest absolute Gasteiger partial charge is 0.324 e. The topological polar surface area (TPSA) is 113 Å². The summed E-state index contributed by atoms with van der Waals surface area (Å²) in [5, 5.41) is 16.7. The Bertz CT molecular complexity index is 334. The Morgan fingerprint density at radius 3 is 2.44 bits per heavy atom. The van der Waals surface area contributed by atoms with E-state index in [9.17, 15) is 13.2 Å². The molecule has 16 heavy (non-hydrogen) atoms. The number of rotatable bonds is 5. The number of aliphatic hydroxyl groups excluding tert-OH is 1. The molecule has 1 atom stereocenters. The van der Waals surface area contributed by atoms with E-state index in [1.807, 2.05) is 4.72 Å². The number of carbonyl (C=O) groups is 1. The van der Waals surface area contributed by atoms with Crippen LogP contribution in [0.2, 0.25) is 0 Å². The van der Waals surface area contributed by atoms with Crippen LogP contribution in [0.3, 0.4) is 0 Å². The van der Waals surface area contributed by atoms with Crippen molar-refractivity contribution >= 4 is 16.0 Å². The minimum Gasteiger partial charge on any atom is -0.480 e. The fourth-order valence-corrected chi connectivity index (χ4v) is 3.02. The second kappa shape index (κ2) is 5.58. The quantitative estimate of drug-likeness (QED) is 0.551. The van der Waals surface area contributed by atoms with Crippen molar-refractivity contribution in [3.63, 3.8) is 0 Å². The Morgan fingerprint density at radius 1 is 1.44 bits per heavy atom. The highest BCUT2D eigenvalue weighted by molar-refractivity contribution is 7.90. The van der Waals surface area contributed by atoms with E-state index in [4.69, 9.17) is 14.9 Å². The zero-order chi connectivity index (χ0) is 12.2. The third kappa shape index (κ3) is 3.41. The van der Waals surface area contributed by atoms with Gasteiger partial charge in [-0.1, -0.05) is 0 Å². The van der Waals surface area contributed by atoms with E-state index in [1.54, 1.807) is 0 Å². The molecule has 8 heteroatoms. The van der Waals surface area contributed by atoms with Gasteiger partial charge in [0.2, 0.25) is 10.0 Å². The number of carboxylic acids is 1. The molecule has 0 aromatic heterocycles. The molecule has 1 heterocycles. The Labute approximate surface area is 93.5 Å². The number of sulfonamides is 1. The summed E-state index contributed by atoms with van der Waals surface area (Å²) in [5.41, 5.74) is 0. The number of carboxylic acid groups (broad SMARTS) is 1. The number of hydrogen-bond donors (Lipinski definition) is 3. The zero-order valence-electron chi connectivity index (χ0n) is 8.63. The maximum atomic E-state index is 11.7. The van der Waals surface area contributed by atoms with Gasteiger partial charge in [0, 0.05) is 13.2 Å². The molecular weight excluding hydrogens is 238 g/mol. The molecule has 0 spiro atoms. The molecule has 1 saturated heterocycles. The summed E-state index contributed by atoms with van der Waals surface area (Å²) < 4.78 is 30.4. The van der Waals surface area contributed by atoms with Crippen LogP contribution in [0.15, 0.2) is 0 Å². The second-order valence-corrected chi connectivity index (χ2v) is 5.54. The summed E-state index contributed by atoms with van der Waals surface area (Å²) in [5.74, 6) is -1.39. The van der Waals surface area contributed by atoms with Crippen LogP contribution in [-0.2, 0) is 19.6 Å². The van der Waals surface area contributed by atoms with Gasteiger partial charge in [0.05, 0.1) is 11.9 Å². The third-order valence-corrected chi connectivity index (χ3v) is 4.36. The Kier molecular flexibility index (Phi) is 4.66. The lowest BCUT2D eigenvalue weighted by Gasteiger charge is -2.23. The van der Waals surface area contributed by atoms with Gasteiger partial charge in [0.1, 0.15) is 6.04 Å². The van der Waals surface area contributed by atoms with Gasteiger partial charge in [-0.15, -0.1) is 0 Å². The molecule has 0 saturated carbocycles. The van der Waals surface area contributed by atoms with Crippen molar-refractivity contribution < 1.29 is 28.2 Å². The van der Waals surface area contributed by atoms with E-state index in [0.29, 0.717) is 26.1 Å². The Balaban J connectivity index is 2.65. The molecule has 1 aliphatic heterocycles. The molecule has 0 radical (unpaired) electrons. The molecule has 0 aromatic rings. The summed E-state index contributed by atoms with van der Waals surface area (Å²) in [6.45, 7) is -0.0668. The number of hydrogen-bond acceptors (Lipinski definition) is 5. The van der Waals surface area contributed by atoms with Crippen molar-refractivity contribution in [2.75, 3.05) is 19.8 Å². The van der Waals surface area contributed by atoms with E-state index in [0.717, 1.165) is 0 Å². The fourth-order valence-electron chi connectivity index (χ4n) is 1.45. The first-order valence-corrected chi connectivity index (χ1v) is 6.44. The van der Waals surface area contributed by atoms with E-state index >= 15 is 0 Å². The van der Waals surface area contributed by atoms with Gasteiger partial charge in [-0.25, -0.2) is 8.42 Å². The fraction of sp³-hybridized carbons (Fsp3) is 0.875. The summed E-state index contributed by atoms with van der Waals surface area (Å²) in [4.78, 5) is 10.6. The molecule has 0 unspecified atom stereocenters. The molecule has 3 N–H and O–H groups in total. The van der Waals surface area contributed by atoms with Crippen LogP contribution in [0.4, 0.5) is 0 Å². The van der Waals surface area contributed by atoms with Gasteiger partial charge >= 0.3 is 5.97 Å². The standard InChI is InChI=1S/C8H15NO6S/c10-5-7(8(11)12)9-16(13,14)6-1-3-15-4-2-6/h6-7,9-10H,1-5H2,(H,11,12)/t7-/m1/s1. The summed E-state index contributed by atoms with van der Waals surface area (Å²) >= 11 is 0. The third-order valence-electron chi connectivity index (χ3n) is 2.39.